The summed E-state index contributed by atoms with van der Waals surface area (Å²) in [6, 6.07) is 13.3. The van der Waals surface area contributed by atoms with Gasteiger partial charge in [0.2, 0.25) is 5.91 Å². The van der Waals surface area contributed by atoms with Crippen molar-refractivity contribution in [1.82, 2.24) is 10.2 Å². The van der Waals surface area contributed by atoms with E-state index in [1.54, 1.807) is 14.2 Å². The Bertz CT molecular complexity index is 780. The van der Waals surface area contributed by atoms with Crippen molar-refractivity contribution in [2.45, 2.75) is 19.5 Å². The summed E-state index contributed by atoms with van der Waals surface area (Å²) in [5, 5.41) is 2.17. The molecule has 0 spiro atoms. The number of rotatable bonds is 8. The Morgan fingerprint density at radius 3 is 2.44 bits per heavy atom. The highest BCUT2D eigenvalue weighted by atomic mass is 16.5. The van der Waals surface area contributed by atoms with E-state index in [-0.39, 0.29) is 0 Å². The molecule has 2 aromatic carbocycles. The molecule has 2 rings (SSSR count). The number of ether oxygens (including phenoxy) is 2. The van der Waals surface area contributed by atoms with Crippen LogP contribution in [0.2, 0.25) is 0 Å². The van der Waals surface area contributed by atoms with Gasteiger partial charge in [0, 0.05) is 6.54 Å². The number of amides is 3. The minimum Gasteiger partial charge on any atom is -0.493 e. The first-order valence-electron chi connectivity index (χ1n) is 8.61. The van der Waals surface area contributed by atoms with Crippen LogP contribution >= 0.6 is 0 Å². The number of hydrogen-bond acceptors (Lipinski definition) is 5. The van der Waals surface area contributed by atoms with Gasteiger partial charge in [-0.2, -0.15) is 0 Å². The van der Waals surface area contributed by atoms with Crippen LogP contribution < -0.4 is 20.5 Å². The van der Waals surface area contributed by atoms with Gasteiger partial charge in [0.25, 0.3) is 0 Å². The SMILES string of the molecule is CCOc1ccc(CN(C)[C@H](C(=O)NC(N)=O)c2ccccc2)cc1OC. The fraction of sp³-hybridized carbons (Fsp3) is 0.300. The highest BCUT2D eigenvalue weighted by Crippen LogP contribution is 2.29. The van der Waals surface area contributed by atoms with Crippen LogP contribution in [-0.4, -0.2) is 37.6 Å². The van der Waals surface area contributed by atoms with Crippen molar-refractivity contribution in [3.05, 3.63) is 59.7 Å². The number of benzene rings is 2. The first kappa shape index (κ1) is 20.3. The second-order valence-corrected chi connectivity index (χ2v) is 6.00. The number of carbonyl (C=O) groups excluding carboxylic acids is 2. The maximum absolute atomic E-state index is 12.5. The van der Waals surface area contributed by atoms with Crippen LogP contribution in [-0.2, 0) is 11.3 Å². The molecular weight excluding hydrogens is 346 g/mol. The van der Waals surface area contributed by atoms with Crippen molar-refractivity contribution in [2.75, 3.05) is 20.8 Å². The summed E-state index contributed by atoms with van der Waals surface area (Å²) >= 11 is 0. The summed E-state index contributed by atoms with van der Waals surface area (Å²) in [5.74, 6) is 0.812. The quantitative estimate of drug-likeness (QED) is 0.743. The first-order chi connectivity index (χ1) is 13.0. The zero-order chi connectivity index (χ0) is 19.8. The van der Waals surface area contributed by atoms with Crippen LogP contribution in [0.3, 0.4) is 0 Å². The summed E-state index contributed by atoms with van der Waals surface area (Å²) in [4.78, 5) is 25.5. The molecule has 7 heteroatoms. The number of hydrogen-bond donors (Lipinski definition) is 2. The van der Waals surface area contributed by atoms with Gasteiger partial charge in [-0.1, -0.05) is 36.4 Å². The van der Waals surface area contributed by atoms with E-state index in [9.17, 15) is 9.59 Å². The zero-order valence-electron chi connectivity index (χ0n) is 15.8. The Morgan fingerprint density at radius 2 is 1.85 bits per heavy atom. The molecule has 0 heterocycles. The van der Waals surface area contributed by atoms with Crippen LogP contribution in [0.5, 0.6) is 11.5 Å². The van der Waals surface area contributed by atoms with E-state index in [1.807, 2.05) is 60.4 Å². The Labute approximate surface area is 159 Å². The number of urea groups is 1. The fourth-order valence-electron chi connectivity index (χ4n) is 2.90. The second kappa shape index (κ2) is 9.59. The minimum atomic E-state index is -0.878. The Balaban J connectivity index is 2.26. The number of nitrogens with one attached hydrogen (secondary N) is 1. The molecule has 0 saturated carbocycles. The smallest absolute Gasteiger partial charge is 0.318 e. The molecule has 0 unspecified atom stereocenters. The predicted molar refractivity (Wildman–Crippen MR) is 103 cm³/mol. The molecule has 0 bridgehead atoms. The molecule has 7 nitrogen and oxygen atoms in total. The molecule has 0 aromatic heterocycles. The lowest BCUT2D eigenvalue weighted by molar-refractivity contribution is -0.125. The van der Waals surface area contributed by atoms with Gasteiger partial charge in [0.1, 0.15) is 6.04 Å². The summed E-state index contributed by atoms with van der Waals surface area (Å²) in [6.07, 6.45) is 0. The Hall–Kier alpha value is -3.06. The van der Waals surface area contributed by atoms with Gasteiger partial charge in [-0.3, -0.25) is 15.0 Å². The van der Waals surface area contributed by atoms with Gasteiger partial charge in [0.05, 0.1) is 13.7 Å². The standard InChI is InChI=1S/C20H25N3O4/c1-4-27-16-11-10-14(12-17(16)26-3)13-23(2)18(19(24)22-20(21)25)15-8-6-5-7-9-15/h5-12,18H,4,13H2,1-3H3,(H3,21,22,24,25)/t18-/m0/s1. The van der Waals surface area contributed by atoms with Crippen molar-refractivity contribution in [1.29, 1.82) is 0 Å². The van der Waals surface area contributed by atoms with E-state index in [0.29, 0.717) is 24.7 Å². The van der Waals surface area contributed by atoms with Crippen molar-refractivity contribution in [2.24, 2.45) is 5.73 Å². The van der Waals surface area contributed by atoms with E-state index in [0.717, 1.165) is 11.1 Å². The van der Waals surface area contributed by atoms with E-state index in [2.05, 4.69) is 5.32 Å². The largest absolute Gasteiger partial charge is 0.493 e. The average Bonchev–Trinajstić information content (AvgIpc) is 2.63. The molecule has 0 aliphatic carbocycles. The lowest BCUT2D eigenvalue weighted by Crippen LogP contribution is -2.43. The fourth-order valence-corrected chi connectivity index (χ4v) is 2.90. The second-order valence-electron chi connectivity index (χ2n) is 6.00. The maximum Gasteiger partial charge on any atom is 0.318 e. The van der Waals surface area contributed by atoms with Crippen LogP contribution in [0.25, 0.3) is 0 Å². The third-order valence-corrected chi connectivity index (χ3v) is 4.01. The highest BCUT2D eigenvalue weighted by molar-refractivity contribution is 5.96. The molecule has 144 valence electrons. The number of carbonyl (C=O) groups is 2. The van der Waals surface area contributed by atoms with E-state index in [4.69, 9.17) is 15.2 Å². The molecule has 27 heavy (non-hydrogen) atoms. The monoisotopic (exact) mass is 371 g/mol. The first-order valence-corrected chi connectivity index (χ1v) is 8.61. The molecule has 0 fully saturated rings. The normalized spacial score (nSPS) is 11.7. The molecule has 0 radical (unpaired) electrons. The maximum atomic E-state index is 12.5. The molecule has 0 aliphatic rings. The van der Waals surface area contributed by atoms with Gasteiger partial charge >= 0.3 is 6.03 Å². The molecule has 0 saturated heterocycles. The number of nitrogens with zero attached hydrogens (tertiary/aromatic N) is 1. The molecule has 3 amide bonds. The van der Waals surface area contributed by atoms with Gasteiger partial charge in [-0.15, -0.1) is 0 Å². The number of imide groups is 1. The molecule has 2 aromatic rings. The van der Waals surface area contributed by atoms with Gasteiger partial charge in [0.15, 0.2) is 11.5 Å². The van der Waals surface area contributed by atoms with Crippen molar-refractivity contribution in [3.63, 3.8) is 0 Å². The van der Waals surface area contributed by atoms with Crippen molar-refractivity contribution < 1.29 is 19.1 Å². The van der Waals surface area contributed by atoms with Crippen molar-refractivity contribution >= 4 is 11.9 Å². The molecule has 3 N–H and O–H groups in total. The lowest BCUT2D eigenvalue weighted by Gasteiger charge is -2.27. The minimum absolute atomic E-state index is 0.453. The third kappa shape index (κ3) is 5.46. The van der Waals surface area contributed by atoms with Gasteiger partial charge in [-0.05, 0) is 37.2 Å². The summed E-state index contributed by atoms with van der Waals surface area (Å²) in [6.45, 7) is 2.90. The lowest BCUT2D eigenvalue weighted by atomic mass is 10.0. The third-order valence-electron chi connectivity index (χ3n) is 4.01. The molecule has 0 aliphatic heterocycles. The van der Waals surface area contributed by atoms with E-state index >= 15 is 0 Å². The predicted octanol–water partition coefficient (Wildman–Crippen LogP) is 2.46. The van der Waals surface area contributed by atoms with Gasteiger partial charge in [-0.25, -0.2) is 4.79 Å². The summed E-state index contributed by atoms with van der Waals surface area (Å²) in [5.41, 5.74) is 6.82. The number of primary amides is 1. The van der Waals surface area contributed by atoms with Crippen LogP contribution in [0.15, 0.2) is 48.5 Å². The van der Waals surface area contributed by atoms with Gasteiger partial charge < -0.3 is 15.2 Å². The number of methoxy groups -OCH3 is 1. The Kier molecular flexibility index (Phi) is 7.19. The number of nitrogens with two attached hydrogens (primary N) is 1. The topological polar surface area (TPSA) is 93.9 Å². The van der Waals surface area contributed by atoms with Crippen LogP contribution in [0, 0.1) is 0 Å². The van der Waals surface area contributed by atoms with E-state index in [1.165, 1.54) is 0 Å². The number of likely N-dealkylation sites (N-methyl/N-ethyl adjacent to an activating group) is 1. The summed E-state index contributed by atoms with van der Waals surface area (Å²) < 4.78 is 10.9. The zero-order valence-corrected chi connectivity index (χ0v) is 15.8. The highest BCUT2D eigenvalue weighted by Gasteiger charge is 2.26. The molecular formula is C20H25N3O4. The Morgan fingerprint density at radius 1 is 1.15 bits per heavy atom. The molecule has 1 atom stereocenters. The van der Waals surface area contributed by atoms with E-state index < -0.39 is 18.0 Å². The summed E-state index contributed by atoms with van der Waals surface area (Å²) in [7, 11) is 3.39. The van der Waals surface area contributed by atoms with Crippen molar-refractivity contribution in [3.8, 4) is 11.5 Å². The van der Waals surface area contributed by atoms with Crippen LogP contribution in [0.1, 0.15) is 24.1 Å². The average molecular weight is 371 g/mol. The van der Waals surface area contributed by atoms with Crippen LogP contribution in [0.4, 0.5) is 4.79 Å².